The smallest absolute Gasteiger partial charge is 0.200 e. The zero-order chi connectivity index (χ0) is 9.45. The van der Waals surface area contributed by atoms with Crippen LogP contribution in [0.2, 0.25) is 13.1 Å². The van der Waals surface area contributed by atoms with Crippen LogP contribution in [-0.4, -0.2) is 27.6 Å². The molecular formula is C9H23NOSi. The second-order valence-electron chi connectivity index (χ2n) is 3.72. The molecule has 0 radical (unpaired) electrons. The van der Waals surface area contributed by atoms with E-state index in [9.17, 15) is 0 Å². The van der Waals surface area contributed by atoms with Gasteiger partial charge in [-0.2, -0.15) is 0 Å². The summed E-state index contributed by atoms with van der Waals surface area (Å²) in [6.07, 6.45) is 3.63. The summed E-state index contributed by atoms with van der Waals surface area (Å²) in [6, 6.07) is 0. The highest BCUT2D eigenvalue weighted by atomic mass is 28.4. The quantitative estimate of drug-likeness (QED) is 0.489. The Bertz CT molecular complexity index is 107. The van der Waals surface area contributed by atoms with Crippen molar-refractivity contribution in [2.45, 2.75) is 39.8 Å². The van der Waals surface area contributed by atoms with Crippen molar-refractivity contribution < 1.29 is 4.43 Å². The van der Waals surface area contributed by atoms with Crippen molar-refractivity contribution in [2.24, 2.45) is 0 Å². The van der Waals surface area contributed by atoms with Crippen LogP contribution in [0.3, 0.4) is 0 Å². The van der Waals surface area contributed by atoms with Gasteiger partial charge in [0.2, 0.25) is 0 Å². The summed E-state index contributed by atoms with van der Waals surface area (Å²) in [5.74, 6) is 0. The number of nitrogens with one attached hydrogen (secondary N) is 1. The van der Waals surface area contributed by atoms with Gasteiger partial charge in [-0.3, -0.25) is 0 Å². The van der Waals surface area contributed by atoms with Gasteiger partial charge in [-0.25, -0.2) is 0 Å². The highest BCUT2D eigenvalue weighted by molar-refractivity contribution is 6.71. The summed E-state index contributed by atoms with van der Waals surface area (Å²) < 4.78 is 5.69. The second kappa shape index (κ2) is 6.63. The van der Waals surface area contributed by atoms with Gasteiger partial charge in [-0.1, -0.05) is 13.3 Å². The van der Waals surface area contributed by atoms with Gasteiger partial charge in [-0.05, 0) is 33.0 Å². The molecule has 0 unspecified atom stereocenters. The highest BCUT2D eigenvalue weighted by Crippen LogP contribution is 2.01. The van der Waals surface area contributed by atoms with Crippen LogP contribution in [-0.2, 0) is 4.43 Å². The van der Waals surface area contributed by atoms with Crippen molar-refractivity contribution in [1.29, 1.82) is 0 Å². The van der Waals surface area contributed by atoms with Crippen LogP contribution < -0.4 is 5.32 Å². The molecule has 74 valence electrons. The fourth-order valence-corrected chi connectivity index (χ4v) is 2.80. The predicted octanol–water partition coefficient (Wildman–Crippen LogP) is 2.16. The fraction of sp³-hybridized carbons (Fsp3) is 1.00. The minimum Gasteiger partial charge on any atom is -0.416 e. The van der Waals surface area contributed by atoms with E-state index < -0.39 is 8.32 Å². The second-order valence-corrected chi connectivity index (χ2v) is 7.88. The Morgan fingerprint density at radius 3 is 2.42 bits per heavy atom. The standard InChI is InChI=1S/C9H23NOSi/c1-5-7-8-10-9-12(3,4)11-6-2/h10H,5-9H2,1-4H3. The third-order valence-corrected chi connectivity index (χ3v) is 3.96. The Labute approximate surface area is 77.8 Å². The zero-order valence-electron chi connectivity index (χ0n) is 8.94. The molecule has 0 fully saturated rings. The molecule has 0 spiro atoms. The Kier molecular flexibility index (Phi) is 6.71. The van der Waals surface area contributed by atoms with E-state index in [4.69, 9.17) is 4.43 Å². The van der Waals surface area contributed by atoms with Gasteiger partial charge in [0.05, 0.1) is 0 Å². The van der Waals surface area contributed by atoms with Crippen LogP contribution in [0.25, 0.3) is 0 Å². The summed E-state index contributed by atoms with van der Waals surface area (Å²) in [5.41, 5.74) is 0. The molecule has 0 atom stereocenters. The van der Waals surface area contributed by atoms with Crippen LogP contribution >= 0.6 is 0 Å². The third kappa shape index (κ3) is 6.82. The monoisotopic (exact) mass is 189 g/mol. The maximum atomic E-state index is 5.69. The first-order valence-electron chi connectivity index (χ1n) is 4.97. The lowest BCUT2D eigenvalue weighted by Gasteiger charge is -2.22. The Hall–Kier alpha value is 0.137. The summed E-state index contributed by atoms with van der Waals surface area (Å²) in [7, 11) is -1.36. The van der Waals surface area contributed by atoms with Crippen molar-refractivity contribution >= 4 is 8.32 Å². The zero-order valence-corrected chi connectivity index (χ0v) is 9.94. The number of unbranched alkanes of at least 4 members (excludes halogenated alkanes) is 1. The molecular weight excluding hydrogens is 166 g/mol. The van der Waals surface area contributed by atoms with Gasteiger partial charge in [0.25, 0.3) is 0 Å². The Balaban J connectivity index is 3.33. The molecule has 0 aromatic rings. The van der Waals surface area contributed by atoms with E-state index in [1.165, 1.54) is 12.8 Å². The normalized spacial score (nSPS) is 12.0. The van der Waals surface area contributed by atoms with Gasteiger partial charge in [0.1, 0.15) is 0 Å². The summed E-state index contributed by atoms with van der Waals surface area (Å²) >= 11 is 0. The fourth-order valence-electron chi connectivity index (χ4n) is 1.13. The van der Waals surface area contributed by atoms with Crippen LogP contribution in [0.5, 0.6) is 0 Å². The van der Waals surface area contributed by atoms with Crippen LogP contribution in [0, 0.1) is 0 Å². The Morgan fingerprint density at radius 2 is 1.92 bits per heavy atom. The summed E-state index contributed by atoms with van der Waals surface area (Å²) in [6.45, 7) is 10.8. The van der Waals surface area contributed by atoms with Gasteiger partial charge < -0.3 is 9.74 Å². The largest absolute Gasteiger partial charge is 0.416 e. The van der Waals surface area contributed by atoms with Crippen molar-refractivity contribution in [3.8, 4) is 0 Å². The average Bonchev–Trinajstić information content (AvgIpc) is 1.98. The molecule has 0 heterocycles. The SMILES string of the molecule is CCCCNC[Si](C)(C)OCC. The molecule has 2 nitrogen and oxygen atoms in total. The molecule has 1 N–H and O–H groups in total. The Morgan fingerprint density at radius 1 is 1.25 bits per heavy atom. The molecule has 0 aliphatic carbocycles. The lowest BCUT2D eigenvalue weighted by molar-refractivity contribution is 0.326. The van der Waals surface area contributed by atoms with E-state index in [0.29, 0.717) is 0 Å². The first-order chi connectivity index (χ1) is 5.62. The highest BCUT2D eigenvalue weighted by Gasteiger charge is 2.20. The molecule has 0 aromatic heterocycles. The van der Waals surface area contributed by atoms with Crippen molar-refractivity contribution in [3.05, 3.63) is 0 Å². The van der Waals surface area contributed by atoms with Gasteiger partial charge >= 0.3 is 0 Å². The van der Waals surface area contributed by atoms with Crippen LogP contribution in [0.1, 0.15) is 26.7 Å². The van der Waals surface area contributed by atoms with Gasteiger partial charge in [0.15, 0.2) is 8.32 Å². The van der Waals surface area contributed by atoms with E-state index in [2.05, 4.69) is 32.3 Å². The molecule has 0 saturated heterocycles. The number of hydrogen-bond donors (Lipinski definition) is 1. The third-order valence-electron chi connectivity index (χ3n) is 1.79. The summed E-state index contributed by atoms with van der Waals surface area (Å²) in [4.78, 5) is 0. The molecule has 0 saturated carbocycles. The first kappa shape index (κ1) is 12.1. The topological polar surface area (TPSA) is 21.3 Å². The summed E-state index contributed by atoms with van der Waals surface area (Å²) in [5, 5.41) is 3.45. The molecule has 0 bridgehead atoms. The molecule has 0 aliphatic heterocycles. The van der Waals surface area contributed by atoms with Crippen molar-refractivity contribution in [1.82, 2.24) is 5.32 Å². The number of rotatable bonds is 7. The molecule has 0 amide bonds. The number of hydrogen-bond acceptors (Lipinski definition) is 2. The molecule has 0 aromatic carbocycles. The lowest BCUT2D eigenvalue weighted by atomic mass is 10.3. The predicted molar refractivity (Wildman–Crippen MR) is 56.9 cm³/mol. The lowest BCUT2D eigenvalue weighted by Crippen LogP contribution is -2.43. The van der Waals surface area contributed by atoms with Gasteiger partial charge in [-0.15, -0.1) is 0 Å². The molecule has 0 rings (SSSR count). The van der Waals surface area contributed by atoms with E-state index in [1.807, 2.05) is 0 Å². The van der Waals surface area contributed by atoms with E-state index >= 15 is 0 Å². The van der Waals surface area contributed by atoms with E-state index in [-0.39, 0.29) is 0 Å². The first-order valence-corrected chi connectivity index (χ1v) is 8.08. The minimum absolute atomic E-state index is 0.856. The van der Waals surface area contributed by atoms with Gasteiger partial charge in [0, 0.05) is 12.8 Å². The van der Waals surface area contributed by atoms with Crippen LogP contribution in [0.4, 0.5) is 0 Å². The molecule has 3 heteroatoms. The van der Waals surface area contributed by atoms with E-state index in [0.717, 1.165) is 19.3 Å². The average molecular weight is 189 g/mol. The van der Waals surface area contributed by atoms with E-state index in [1.54, 1.807) is 0 Å². The maximum absolute atomic E-state index is 5.69. The van der Waals surface area contributed by atoms with Crippen molar-refractivity contribution in [2.75, 3.05) is 19.3 Å². The molecule has 12 heavy (non-hydrogen) atoms. The minimum atomic E-state index is -1.36. The van der Waals surface area contributed by atoms with Crippen LogP contribution in [0.15, 0.2) is 0 Å². The van der Waals surface area contributed by atoms with Crippen molar-refractivity contribution in [3.63, 3.8) is 0 Å². The maximum Gasteiger partial charge on any atom is 0.200 e. The molecule has 0 aliphatic rings.